The van der Waals surface area contributed by atoms with E-state index < -0.39 is 24.3 Å². The lowest BCUT2D eigenvalue weighted by Gasteiger charge is -2.31. The molecule has 0 bridgehead atoms. The Kier molecular flexibility index (Phi) is 12.9. The molecule has 2 saturated heterocycles. The van der Waals surface area contributed by atoms with Crippen molar-refractivity contribution >= 4 is 34.8 Å². The van der Waals surface area contributed by atoms with Crippen LogP contribution in [0.15, 0.2) is 103 Å². The molecule has 0 spiro atoms. The van der Waals surface area contributed by atoms with Crippen molar-refractivity contribution in [2.24, 2.45) is 5.92 Å². The van der Waals surface area contributed by atoms with Crippen molar-refractivity contribution in [2.45, 2.75) is 76.5 Å². The van der Waals surface area contributed by atoms with Crippen LogP contribution >= 0.6 is 0 Å². The summed E-state index contributed by atoms with van der Waals surface area (Å²) in [5.41, 5.74) is 6.53. The lowest BCUT2D eigenvalue weighted by atomic mass is 9.93. The molecule has 2 aliphatic rings. The molecule has 6 aromatic rings. The van der Waals surface area contributed by atoms with Crippen LogP contribution in [0.2, 0.25) is 0 Å². The van der Waals surface area contributed by atoms with Crippen LogP contribution in [0.4, 0.5) is 9.59 Å². The fraction of sp³-hybridized carbons (Fsp3) is 0.347. The summed E-state index contributed by atoms with van der Waals surface area (Å²) in [6.45, 7) is 5.22. The number of methoxy groups -OCH3 is 2. The molecule has 4 N–H and O–H groups in total. The van der Waals surface area contributed by atoms with Crippen LogP contribution in [0.3, 0.4) is 0 Å². The maximum atomic E-state index is 13.9. The number of nitrogens with zero attached hydrogens (tertiary/aromatic N) is 4. The third-order valence-electron chi connectivity index (χ3n) is 12.6. The zero-order valence-electron chi connectivity index (χ0n) is 36.1. The van der Waals surface area contributed by atoms with Crippen molar-refractivity contribution in [2.75, 3.05) is 27.3 Å². The SMILES string of the molecule is CCC(CC)[C@H](NC(=O)OC)C(=O)N1CCC[C@H]1c1ncc(-c2ccc3cc(-c4ccc(-c5cnc([C@@H]6CCCN6C(=O)[C@H](NC(=O)OC)c6ccccc6)[nH]5)cc4)ccc3c2)[nH]1. The van der Waals surface area contributed by atoms with E-state index >= 15 is 0 Å². The summed E-state index contributed by atoms with van der Waals surface area (Å²) in [5, 5.41) is 7.71. The minimum atomic E-state index is -0.880. The first-order valence-corrected chi connectivity index (χ1v) is 21.8. The molecule has 2 fully saturated rings. The number of aromatic amines is 2. The van der Waals surface area contributed by atoms with Gasteiger partial charge in [0.05, 0.1) is 50.1 Å². The minimum Gasteiger partial charge on any atom is -0.453 e. The predicted molar refractivity (Wildman–Crippen MR) is 240 cm³/mol. The quantitative estimate of drug-likeness (QED) is 0.0892. The Morgan fingerprint density at radius 2 is 1.16 bits per heavy atom. The molecule has 63 heavy (non-hydrogen) atoms. The zero-order valence-corrected chi connectivity index (χ0v) is 36.1. The first-order valence-electron chi connectivity index (χ1n) is 21.8. The molecule has 0 radical (unpaired) electrons. The lowest BCUT2D eigenvalue weighted by Crippen LogP contribution is -2.52. The van der Waals surface area contributed by atoms with Crippen molar-refractivity contribution in [1.82, 2.24) is 40.4 Å². The molecule has 0 unspecified atom stereocenters. The molecule has 14 nitrogen and oxygen atoms in total. The zero-order chi connectivity index (χ0) is 44.0. The first-order chi connectivity index (χ1) is 30.7. The van der Waals surface area contributed by atoms with Gasteiger partial charge in [0, 0.05) is 18.7 Å². The van der Waals surface area contributed by atoms with Gasteiger partial charge in [0.2, 0.25) is 5.91 Å². The number of ether oxygens (including phenoxy) is 2. The summed E-state index contributed by atoms with van der Waals surface area (Å²) < 4.78 is 9.70. The number of fused-ring (bicyclic) bond motifs is 1. The lowest BCUT2D eigenvalue weighted by molar-refractivity contribution is -0.136. The second-order valence-electron chi connectivity index (χ2n) is 16.3. The van der Waals surface area contributed by atoms with E-state index in [9.17, 15) is 19.2 Å². The standard InChI is InChI=1S/C49H54N8O6/c1-5-30(6-2)42(54-48(60)62-3)46(58)56-24-10-15-41(56)45-51-29-39(53-45)37-23-22-35-26-34(20-21-36(35)27-37)31-16-18-32(19-17-31)38-28-50-44(52-38)40-14-11-25-57(40)47(59)43(55-49(61)63-4)33-12-8-7-9-13-33/h7-9,12-13,16-23,26-30,40-43H,5-6,10-11,14-15,24-25H2,1-4H3,(H,50,52)(H,51,53)(H,54,60)(H,55,61)/t40-,41-,42-,43+/m0/s1. The number of benzene rings is 4. The number of H-pyrrole nitrogens is 2. The number of aromatic nitrogens is 4. The number of nitrogens with one attached hydrogen (secondary N) is 4. The Balaban J connectivity index is 0.943. The predicted octanol–water partition coefficient (Wildman–Crippen LogP) is 8.87. The third kappa shape index (κ3) is 9.02. The highest BCUT2D eigenvalue weighted by molar-refractivity contribution is 5.91. The number of hydrogen-bond donors (Lipinski definition) is 4. The van der Waals surface area contributed by atoms with Gasteiger partial charge in [0.15, 0.2) is 0 Å². The molecule has 0 saturated carbocycles. The fourth-order valence-electron chi connectivity index (χ4n) is 9.15. The number of amides is 4. The topological polar surface area (TPSA) is 175 Å². The molecule has 2 aliphatic heterocycles. The van der Waals surface area contributed by atoms with E-state index in [1.54, 1.807) is 4.90 Å². The van der Waals surface area contributed by atoms with Crippen LogP contribution in [-0.2, 0) is 19.1 Å². The highest BCUT2D eigenvalue weighted by Gasteiger charge is 2.39. The van der Waals surface area contributed by atoms with Crippen molar-refractivity contribution in [3.63, 3.8) is 0 Å². The first kappa shape index (κ1) is 42.7. The Bertz CT molecular complexity index is 2570. The number of likely N-dealkylation sites (tertiary alicyclic amines) is 2. The number of carbonyl (C=O) groups is 4. The molecule has 8 rings (SSSR count). The van der Waals surface area contributed by atoms with Gasteiger partial charge in [0.1, 0.15) is 23.7 Å². The van der Waals surface area contributed by atoms with Gasteiger partial charge < -0.3 is 39.9 Å². The van der Waals surface area contributed by atoms with Gasteiger partial charge in [0.25, 0.3) is 5.91 Å². The Hall–Kier alpha value is -6.96. The monoisotopic (exact) mass is 850 g/mol. The van der Waals surface area contributed by atoms with Gasteiger partial charge in [-0.25, -0.2) is 19.6 Å². The molecule has 14 heteroatoms. The van der Waals surface area contributed by atoms with E-state index in [0.29, 0.717) is 24.5 Å². The van der Waals surface area contributed by atoms with Crippen LogP contribution in [0.25, 0.3) is 44.4 Å². The van der Waals surface area contributed by atoms with Crippen molar-refractivity contribution in [3.05, 3.63) is 121 Å². The average Bonchev–Trinajstić information content (AvgIpc) is 4.18. The molecular formula is C49H54N8O6. The van der Waals surface area contributed by atoms with Gasteiger partial charge in [-0.05, 0) is 76.8 Å². The van der Waals surface area contributed by atoms with E-state index in [-0.39, 0.29) is 29.8 Å². The van der Waals surface area contributed by atoms with Crippen molar-refractivity contribution in [1.29, 1.82) is 0 Å². The minimum absolute atomic E-state index is 0.00617. The summed E-state index contributed by atoms with van der Waals surface area (Å²) in [5.74, 6) is 1.12. The summed E-state index contributed by atoms with van der Waals surface area (Å²) in [4.78, 5) is 72.4. The van der Waals surface area contributed by atoms with E-state index in [1.165, 1.54) is 14.2 Å². The van der Waals surface area contributed by atoms with Crippen LogP contribution in [-0.4, -0.2) is 87.1 Å². The molecule has 4 heterocycles. The highest BCUT2D eigenvalue weighted by Crippen LogP contribution is 2.36. The van der Waals surface area contributed by atoms with Gasteiger partial charge in [-0.2, -0.15) is 0 Å². The van der Waals surface area contributed by atoms with Gasteiger partial charge >= 0.3 is 12.2 Å². The maximum Gasteiger partial charge on any atom is 0.407 e. The summed E-state index contributed by atoms with van der Waals surface area (Å²) in [6.07, 6.45) is 7.09. The number of alkyl carbamates (subject to hydrolysis) is 2. The molecular weight excluding hydrogens is 797 g/mol. The summed E-state index contributed by atoms with van der Waals surface area (Å²) >= 11 is 0. The third-order valence-corrected chi connectivity index (χ3v) is 12.6. The number of carbonyl (C=O) groups excluding carboxylic acids is 4. The largest absolute Gasteiger partial charge is 0.453 e. The van der Waals surface area contributed by atoms with E-state index in [1.807, 2.05) is 61.5 Å². The van der Waals surface area contributed by atoms with Gasteiger partial charge in [-0.3, -0.25) is 9.59 Å². The number of rotatable bonds is 13. The summed E-state index contributed by atoms with van der Waals surface area (Å²) in [7, 11) is 2.60. The van der Waals surface area contributed by atoms with Crippen LogP contribution < -0.4 is 10.6 Å². The van der Waals surface area contributed by atoms with E-state index in [0.717, 1.165) is 88.8 Å². The number of hydrogen-bond acceptors (Lipinski definition) is 8. The second-order valence-corrected chi connectivity index (χ2v) is 16.3. The van der Waals surface area contributed by atoms with Gasteiger partial charge in [-0.15, -0.1) is 0 Å². The van der Waals surface area contributed by atoms with Crippen LogP contribution in [0.1, 0.15) is 87.7 Å². The molecule has 4 atom stereocenters. The maximum absolute atomic E-state index is 13.9. The Morgan fingerprint density at radius 3 is 1.75 bits per heavy atom. The molecule has 2 aromatic heterocycles. The smallest absolute Gasteiger partial charge is 0.407 e. The van der Waals surface area contributed by atoms with Crippen LogP contribution in [0, 0.1) is 5.92 Å². The Labute approximate surface area is 366 Å². The average molecular weight is 851 g/mol. The van der Waals surface area contributed by atoms with E-state index in [4.69, 9.17) is 19.4 Å². The summed E-state index contributed by atoms with van der Waals surface area (Å²) in [6, 6.07) is 28.3. The van der Waals surface area contributed by atoms with Crippen LogP contribution in [0.5, 0.6) is 0 Å². The van der Waals surface area contributed by atoms with E-state index in [2.05, 4.69) is 81.3 Å². The number of imidazole rings is 2. The second kappa shape index (κ2) is 19.0. The Morgan fingerprint density at radius 1 is 0.651 bits per heavy atom. The van der Waals surface area contributed by atoms with Crippen molar-refractivity contribution < 1.29 is 28.7 Å². The van der Waals surface area contributed by atoms with Gasteiger partial charge in [-0.1, -0.05) is 106 Å². The molecule has 4 amide bonds. The molecule has 326 valence electrons. The molecule has 4 aromatic carbocycles. The fourth-order valence-corrected chi connectivity index (χ4v) is 9.15. The highest BCUT2D eigenvalue weighted by atomic mass is 16.5. The van der Waals surface area contributed by atoms with Crippen molar-refractivity contribution in [3.8, 4) is 33.6 Å². The normalized spacial score (nSPS) is 17.2. The molecule has 0 aliphatic carbocycles.